The second-order valence-electron chi connectivity index (χ2n) is 7.86. The lowest BCUT2D eigenvalue weighted by Crippen LogP contribution is -2.49. The number of ether oxygens (including phenoxy) is 2. The summed E-state index contributed by atoms with van der Waals surface area (Å²) in [6.07, 6.45) is 2.95. The number of piperidine rings is 1. The number of benzene rings is 1. The van der Waals surface area contributed by atoms with Crippen LogP contribution in [0, 0.1) is 5.92 Å². The summed E-state index contributed by atoms with van der Waals surface area (Å²) in [5.74, 6) is 1.27. The van der Waals surface area contributed by atoms with E-state index in [0.717, 1.165) is 29.9 Å². The fourth-order valence-electron chi connectivity index (χ4n) is 3.86. The van der Waals surface area contributed by atoms with E-state index in [-0.39, 0.29) is 17.7 Å². The number of carbonyl (C=O) groups is 2. The first-order valence-electron chi connectivity index (χ1n) is 9.39. The van der Waals surface area contributed by atoms with Gasteiger partial charge in [-0.2, -0.15) is 0 Å². The number of hydrogen-bond donors (Lipinski definition) is 0. The van der Waals surface area contributed by atoms with Crippen LogP contribution < -0.4 is 9.47 Å². The van der Waals surface area contributed by atoms with E-state index < -0.39 is 5.60 Å². The van der Waals surface area contributed by atoms with Crippen LogP contribution in [-0.2, 0) is 16.1 Å². The third-order valence-electron chi connectivity index (χ3n) is 5.16. The molecule has 0 spiro atoms. The molecular formula is C21H28N2O4. The molecule has 1 aromatic rings. The van der Waals surface area contributed by atoms with Crippen molar-refractivity contribution in [3.8, 4) is 11.5 Å². The standard InChI is InChI=1S/C21H28N2O4/c1-5-19(24)22-10-6-7-16(13-22)20(25)23-12-15-8-9-17(26-4)11-18(15)27-21(2,3)14-23/h5,8-9,11,16H,1,6-7,10,12-14H2,2-4H3. The smallest absolute Gasteiger partial charge is 0.245 e. The third kappa shape index (κ3) is 4.26. The van der Waals surface area contributed by atoms with E-state index in [1.807, 2.05) is 36.9 Å². The Morgan fingerprint density at radius 2 is 2.11 bits per heavy atom. The van der Waals surface area contributed by atoms with Gasteiger partial charge in [0.15, 0.2) is 0 Å². The largest absolute Gasteiger partial charge is 0.497 e. The van der Waals surface area contributed by atoms with E-state index >= 15 is 0 Å². The van der Waals surface area contributed by atoms with Gasteiger partial charge in [0.25, 0.3) is 0 Å². The molecule has 0 radical (unpaired) electrons. The van der Waals surface area contributed by atoms with Crippen molar-refractivity contribution in [3.05, 3.63) is 36.4 Å². The van der Waals surface area contributed by atoms with Crippen molar-refractivity contribution in [2.24, 2.45) is 5.92 Å². The summed E-state index contributed by atoms with van der Waals surface area (Å²) in [6.45, 7) is 9.65. The first-order valence-corrected chi connectivity index (χ1v) is 9.39. The fraction of sp³-hybridized carbons (Fsp3) is 0.524. The second-order valence-corrected chi connectivity index (χ2v) is 7.86. The number of methoxy groups -OCH3 is 1. The molecule has 0 aliphatic carbocycles. The van der Waals surface area contributed by atoms with Crippen molar-refractivity contribution in [1.82, 2.24) is 9.80 Å². The molecule has 0 N–H and O–H groups in total. The number of rotatable bonds is 3. The Bertz CT molecular complexity index is 744. The maximum atomic E-state index is 13.3. The first-order chi connectivity index (χ1) is 12.8. The van der Waals surface area contributed by atoms with Gasteiger partial charge in [0.2, 0.25) is 11.8 Å². The Labute approximate surface area is 160 Å². The Kier molecular flexibility index (Phi) is 5.44. The van der Waals surface area contributed by atoms with Gasteiger partial charge in [-0.05, 0) is 44.9 Å². The Morgan fingerprint density at radius 3 is 2.81 bits per heavy atom. The van der Waals surface area contributed by atoms with Crippen LogP contribution in [0.3, 0.4) is 0 Å². The number of nitrogens with zero attached hydrogens (tertiary/aromatic N) is 2. The van der Waals surface area contributed by atoms with Crippen LogP contribution in [-0.4, -0.2) is 54.0 Å². The average molecular weight is 372 g/mol. The summed E-state index contributed by atoms with van der Waals surface area (Å²) < 4.78 is 11.5. The molecule has 2 aliphatic heterocycles. The predicted molar refractivity (Wildman–Crippen MR) is 103 cm³/mol. The maximum absolute atomic E-state index is 13.3. The van der Waals surface area contributed by atoms with Crippen molar-refractivity contribution in [2.75, 3.05) is 26.7 Å². The molecule has 6 nitrogen and oxygen atoms in total. The van der Waals surface area contributed by atoms with Gasteiger partial charge in [-0.25, -0.2) is 0 Å². The monoisotopic (exact) mass is 372 g/mol. The van der Waals surface area contributed by atoms with Crippen LogP contribution in [0.4, 0.5) is 0 Å². The summed E-state index contributed by atoms with van der Waals surface area (Å²) in [4.78, 5) is 28.8. The average Bonchev–Trinajstić information content (AvgIpc) is 2.80. The lowest BCUT2D eigenvalue weighted by atomic mass is 9.95. The van der Waals surface area contributed by atoms with Gasteiger partial charge in [-0.3, -0.25) is 9.59 Å². The van der Waals surface area contributed by atoms with E-state index in [0.29, 0.717) is 26.2 Å². The van der Waals surface area contributed by atoms with Gasteiger partial charge in [0.05, 0.1) is 19.6 Å². The lowest BCUT2D eigenvalue weighted by molar-refractivity contribution is -0.141. The van der Waals surface area contributed by atoms with Crippen LogP contribution in [0.5, 0.6) is 11.5 Å². The number of fused-ring (bicyclic) bond motifs is 1. The molecule has 6 heteroatoms. The minimum absolute atomic E-state index is 0.0805. The molecule has 1 fully saturated rings. The number of hydrogen-bond acceptors (Lipinski definition) is 4. The molecule has 146 valence electrons. The maximum Gasteiger partial charge on any atom is 0.245 e. The summed E-state index contributed by atoms with van der Waals surface area (Å²) in [6, 6.07) is 5.70. The van der Waals surface area contributed by atoms with Crippen LogP contribution >= 0.6 is 0 Å². The SMILES string of the molecule is C=CC(=O)N1CCCC(C(=O)N2Cc3ccc(OC)cc3OC(C)(C)C2)C1. The molecule has 2 heterocycles. The number of amides is 2. The van der Waals surface area contributed by atoms with E-state index in [9.17, 15) is 9.59 Å². The first kappa shape index (κ1) is 19.3. The fourth-order valence-corrected chi connectivity index (χ4v) is 3.86. The van der Waals surface area contributed by atoms with E-state index in [1.165, 1.54) is 6.08 Å². The van der Waals surface area contributed by atoms with Crippen LogP contribution in [0.1, 0.15) is 32.3 Å². The predicted octanol–water partition coefficient (Wildman–Crippen LogP) is 2.62. The Morgan fingerprint density at radius 1 is 1.33 bits per heavy atom. The van der Waals surface area contributed by atoms with E-state index in [4.69, 9.17) is 9.47 Å². The summed E-state index contributed by atoms with van der Waals surface area (Å²) in [5.41, 5.74) is 0.447. The van der Waals surface area contributed by atoms with Gasteiger partial charge in [0, 0.05) is 31.3 Å². The van der Waals surface area contributed by atoms with Crippen molar-refractivity contribution < 1.29 is 19.1 Å². The zero-order valence-electron chi connectivity index (χ0n) is 16.4. The normalized spacial score (nSPS) is 21.5. The van der Waals surface area contributed by atoms with Crippen LogP contribution in [0.2, 0.25) is 0 Å². The minimum Gasteiger partial charge on any atom is -0.497 e. The lowest BCUT2D eigenvalue weighted by Gasteiger charge is -2.36. The van der Waals surface area contributed by atoms with Gasteiger partial charge in [0.1, 0.15) is 17.1 Å². The quantitative estimate of drug-likeness (QED) is 0.766. The van der Waals surface area contributed by atoms with Gasteiger partial charge in [-0.15, -0.1) is 0 Å². The highest BCUT2D eigenvalue weighted by Gasteiger charge is 2.36. The molecule has 2 amide bonds. The zero-order chi connectivity index (χ0) is 19.6. The highest BCUT2D eigenvalue weighted by Crippen LogP contribution is 2.33. The molecule has 1 aromatic carbocycles. The number of carbonyl (C=O) groups excluding carboxylic acids is 2. The number of likely N-dealkylation sites (tertiary alicyclic amines) is 1. The van der Waals surface area contributed by atoms with Gasteiger partial charge < -0.3 is 19.3 Å². The van der Waals surface area contributed by atoms with E-state index in [2.05, 4.69) is 6.58 Å². The highest BCUT2D eigenvalue weighted by molar-refractivity contribution is 5.88. The zero-order valence-corrected chi connectivity index (χ0v) is 16.4. The van der Waals surface area contributed by atoms with Crippen molar-refractivity contribution in [1.29, 1.82) is 0 Å². The molecule has 27 heavy (non-hydrogen) atoms. The van der Waals surface area contributed by atoms with Crippen molar-refractivity contribution in [3.63, 3.8) is 0 Å². The molecular weight excluding hydrogens is 344 g/mol. The molecule has 1 unspecified atom stereocenters. The van der Waals surface area contributed by atoms with Crippen LogP contribution in [0.15, 0.2) is 30.9 Å². The van der Waals surface area contributed by atoms with Crippen molar-refractivity contribution >= 4 is 11.8 Å². The molecule has 1 atom stereocenters. The summed E-state index contributed by atoms with van der Waals surface area (Å²) in [7, 11) is 1.62. The topological polar surface area (TPSA) is 59.1 Å². The molecule has 0 saturated carbocycles. The minimum atomic E-state index is -0.515. The van der Waals surface area contributed by atoms with Crippen LogP contribution in [0.25, 0.3) is 0 Å². The Hall–Kier alpha value is -2.50. The van der Waals surface area contributed by atoms with Gasteiger partial charge in [-0.1, -0.05) is 6.58 Å². The molecule has 0 bridgehead atoms. The summed E-state index contributed by atoms with van der Waals surface area (Å²) >= 11 is 0. The molecule has 2 aliphatic rings. The summed E-state index contributed by atoms with van der Waals surface area (Å²) in [5, 5.41) is 0. The molecule has 3 rings (SSSR count). The van der Waals surface area contributed by atoms with Gasteiger partial charge >= 0.3 is 0 Å². The molecule has 0 aromatic heterocycles. The van der Waals surface area contributed by atoms with E-state index in [1.54, 1.807) is 12.0 Å². The highest BCUT2D eigenvalue weighted by atomic mass is 16.5. The molecule has 1 saturated heterocycles. The Balaban J connectivity index is 1.81. The van der Waals surface area contributed by atoms with Crippen molar-refractivity contribution in [2.45, 2.75) is 38.8 Å². The second kappa shape index (κ2) is 7.62. The third-order valence-corrected chi connectivity index (χ3v) is 5.16.